The second-order valence-corrected chi connectivity index (χ2v) is 7.66. The van der Waals surface area contributed by atoms with Crippen LogP contribution >= 0.6 is 0 Å². The van der Waals surface area contributed by atoms with Crippen LogP contribution in [0.1, 0.15) is 17.0 Å². The summed E-state index contributed by atoms with van der Waals surface area (Å²) in [7, 11) is 3.14. The molecule has 0 atom stereocenters. The molecule has 170 valence electrons. The summed E-state index contributed by atoms with van der Waals surface area (Å²) in [6.45, 7) is 0.800. The number of carbonyl (C=O) groups is 1. The number of ether oxygens (including phenoxy) is 2. The van der Waals surface area contributed by atoms with Gasteiger partial charge in [0.15, 0.2) is 11.5 Å². The van der Waals surface area contributed by atoms with Crippen molar-refractivity contribution in [2.24, 2.45) is 0 Å². The lowest BCUT2D eigenvalue weighted by atomic mass is 10.1. The highest BCUT2D eigenvalue weighted by Crippen LogP contribution is 2.27. The molecule has 0 saturated carbocycles. The van der Waals surface area contributed by atoms with E-state index in [0.29, 0.717) is 36.6 Å². The Kier molecular flexibility index (Phi) is 6.88. The Morgan fingerprint density at radius 3 is 2.55 bits per heavy atom. The van der Waals surface area contributed by atoms with Crippen LogP contribution in [0.15, 0.2) is 66.7 Å². The number of aromatic nitrogens is 2. The van der Waals surface area contributed by atoms with Crippen molar-refractivity contribution in [1.82, 2.24) is 14.9 Å². The van der Waals surface area contributed by atoms with E-state index in [1.807, 2.05) is 41.0 Å². The SMILES string of the molecule is COc1ccc(CC(=O)NCCc2nc3ccccc3n2Cc2ccccc2F)cc1OC. The topological polar surface area (TPSA) is 65.4 Å². The normalized spacial score (nSPS) is 10.9. The van der Waals surface area contributed by atoms with E-state index in [2.05, 4.69) is 5.32 Å². The lowest BCUT2D eigenvalue weighted by Gasteiger charge is -2.11. The second-order valence-electron chi connectivity index (χ2n) is 7.66. The van der Waals surface area contributed by atoms with Gasteiger partial charge in [-0.2, -0.15) is 0 Å². The minimum Gasteiger partial charge on any atom is -0.493 e. The first-order valence-electron chi connectivity index (χ1n) is 10.7. The van der Waals surface area contributed by atoms with Crippen LogP contribution in [-0.4, -0.2) is 36.2 Å². The maximum atomic E-state index is 14.3. The van der Waals surface area contributed by atoms with E-state index in [1.54, 1.807) is 38.5 Å². The van der Waals surface area contributed by atoms with Gasteiger partial charge in [0.1, 0.15) is 11.6 Å². The van der Waals surface area contributed by atoms with Gasteiger partial charge in [0.2, 0.25) is 5.91 Å². The summed E-state index contributed by atoms with van der Waals surface area (Å²) < 4.78 is 26.8. The van der Waals surface area contributed by atoms with Gasteiger partial charge in [0, 0.05) is 18.5 Å². The third-order valence-corrected chi connectivity index (χ3v) is 5.50. The molecular formula is C26H26FN3O3. The summed E-state index contributed by atoms with van der Waals surface area (Å²) in [6, 6.07) is 19.9. The number of imidazole rings is 1. The van der Waals surface area contributed by atoms with Gasteiger partial charge in [-0.3, -0.25) is 4.79 Å². The van der Waals surface area contributed by atoms with E-state index in [1.165, 1.54) is 6.07 Å². The molecule has 1 N–H and O–H groups in total. The molecule has 0 aliphatic heterocycles. The van der Waals surface area contributed by atoms with E-state index in [9.17, 15) is 9.18 Å². The lowest BCUT2D eigenvalue weighted by molar-refractivity contribution is -0.120. The molecule has 1 heterocycles. The molecule has 7 heteroatoms. The van der Waals surface area contributed by atoms with Crippen LogP contribution in [0.2, 0.25) is 0 Å². The number of benzene rings is 3. The number of nitrogens with one attached hydrogen (secondary N) is 1. The first-order valence-corrected chi connectivity index (χ1v) is 10.7. The van der Waals surface area contributed by atoms with Crippen LogP contribution in [0, 0.1) is 5.82 Å². The molecule has 1 aromatic heterocycles. The zero-order chi connectivity index (χ0) is 23.2. The third kappa shape index (κ3) is 5.14. The second kappa shape index (κ2) is 10.2. The highest BCUT2D eigenvalue weighted by atomic mass is 19.1. The van der Waals surface area contributed by atoms with E-state index in [0.717, 1.165) is 22.4 Å². The number of amides is 1. The molecule has 0 saturated heterocycles. The first-order chi connectivity index (χ1) is 16.1. The van der Waals surface area contributed by atoms with Gasteiger partial charge >= 0.3 is 0 Å². The Balaban J connectivity index is 1.44. The standard InChI is InChI=1S/C26H26FN3O3/c1-32-23-12-11-18(15-24(23)33-2)16-26(31)28-14-13-25-29-21-9-5-6-10-22(21)30(25)17-19-7-3-4-8-20(19)27/h3-12,15H,13-14,16-17H2,1-2H3,(H,28,31). The first kappa shape index (κ1) is 22.3. The van der Waals surface area contributed by atoms with Crippen LogP contribution in [0.25, 0.3) is 11.0 Å². The Hall–Kier alpha value is -3.87. The zero-order valence-corrected chi connectivity index (χ0v) is 18.7. The highest BCUT2D eigenvalue weighted by Gasteiger charge is 2.13. The molecule has 0 unspecified atom stereocenters. The van der Waals surface area contributed by atoms with Crippen LogP contribution in [0.4, 0.5) is 4.39 Å². The van der Waals surface area contributed by atoms with Crippen molar-refractivity contribution < 1.29 is 18.7 Å². The number of para-hydroxylation sites is 2. The number of fused-ring (bicyclic) bond motifs is 1. The van der Waals surface area contributed by atoms with Crippen LogP contribution in [0.5, 0.6) is 11.5 Å². The van der Waals surface area contributed by atoms with E-state index in [4.69, 9.17) is 14.5 Å². The van der Waals surface area contributed by atoms with Gasteiger partial charge < -0.3 is 19.4 Å². The molecule has 4 rings (SSSR count). The quantitative estimate of drug-likeness (QED) is 0.419. The monoisotopic (exact) mass is 447 g/mol. The molecule has 0 bridgehead atoms. The molecule has 4 aromatic rings. The van der Waals surface area contributed by atoms with Gasteiger partial charge in [0.05, 0.1) is 38.2 Å². The molecule has 6 nitrogen and oxygen atoms in total. The number of carbonyl (C=O) groups excluding carboxylic acids is 1. The minimum absolute atomic E-state index is 0.0982. The smallest absolute Gasteiger partial charge is 0.224 e. The Labute approximate surface area is 192 Å². The van der Waals surface area contributed by atoms with E-state index in [-0.39, 0.29) is 18.1 Å². The lowest BCUT2D eigenvalue weighted by Crippen LogP contribution is -2.28. The molecule has 0 aliphatic rings. The van der Waals surface area contributed by atoms with Crippen molar-refractivity contribution in [3.05, 3.63) is 89.5 Å². The molecule has 1 amide bonds. The molecule has 33 heavy (non-hydrogen) atoms. The van der Waals surface area contributed by atoms with Gasteiger partial charge in [-0.1, -0.05) is 36.4 Å². The minimum atomic E-state index is -0.246. The number of hydrogen-bond donors (Lipinski definition) is 1. The van der Waals surface area contributed by atoms with Gasteiger partial charge in [-0.25, -0.2) is 9.37 Å². The van der Waals surface area contributed by atoms with Crippen molar-refractivity contribution >= 4 is 16.9 Å². The molecule has 3 aromatic carbocycles. The Morgan fingerprint density at radius 1 is 1.00 bits per heavy atom. The van der Waals surface area contributed by atoms with Gasteiger partial charge in [-0.15, -0.1) is 0 Å². The molecule has 0 radical (unpaired) electrons. The largest absolute Gasteiger partial charge is 0.493 e. The molecule has 0 aliphatic carbocycles. The van der Waals surface area contributed by atoms with E-state index < -0.39 is 0 Å². The van der Waals surface area contributed by atoms with Gasteiger partial charge in [-0.05, 0) is 35.9 Å². The number of nitrogens with zero attached hydrogens (tertiary/aromatic N) is 2. The number of halogens is 1. The zero-order valence-electron chi connectivity index (χ0n) is 18.7. The fraction of sp³-hybridized carbons (Fsp3) is 0.231. The fourth-order valence-electron chi connectivity index (χ4n) is 3.84. The van der Waals surface area contributed by atoms with Crippen molar-refractivity contribution in [1.29, 1.82) is 0 Å². The van der Waals surface area contributed by atoms with Gasteiger partial charge in [0.25, 0.3) is 0 Å². The van der Waals surface area contributed by atoms with Crippen molar-refractivity contribution in [2.75, 3.05) is 20.8 Å². The number of methoxy groups -OCH3 is 2. The maximum Gasteiger partial charge on any atom is 0.224 e. The van der Waals surface area contributed by atoms with Crippen molar-refractivity contribution in [3.63, 3.8) is 0 Å². The summed E-state index contributed by atoms with van der Waals surface area (Å²) in [5.41, 5.74) is 3.21. The average molecular weight is 448 g/mol. The van der Waals surface area contributed by atoms with Crippen molar-refractivity contribution in [2.45, 2.75) is 19.4 Å². The molecule has 0 fully saturated rings. The van der Waals surface area contributed by atoms with Crippen molar-refractivity contribution in [3.8, 4) is 11.5 Å². The summed E-state index contributed by atoms with van der Waals surface area (Å²) in [4.78, 5) is 17.2. The third-order valence-electron chi connectivity index (χ3n) is 5.50. The molecular weight excluding hydrogens is 421 g/mol. The summed E-state index contributed by atoms with van der Waals surface area (Å²) >= 11 is 0. The van der Waals surface area contributed by atoms with E-state index >= 15 is 0 Å². The summed E-state index contributed by atoms with van der Waals surface area (Å²) in [5.74, 6) is 1.66. The molecule has 0 spiro atoms. The maximum absolute atomic E-state index is 14.3. The summed E-state index contributed by atoms with van der Waals surface area (Å²) in [5, 5.41) is 2.95. The fourth-order valence-corrected chi connectivity index (χ4v) is 3.84. The van der Waals surface area contributed by atoms with Crippen LogP contribution in [0.3, 0.4) is 0 Å². The highest BCUT2D eigenvalue weighted by molar-refractivity contribution is 5.79. The number of hydrogen-bond acceptors (Lipinski definition) is 4. The predicted molar refractivity (Wildman–Crippen MR) is 125 cm³/mol. The summed E-state index contributed by atoms with van der Waals surface area (Å²) in [6.07, 6.45) is 0.757. The average Bonchev–Trinajstić information content (AvgIpc) is 3.17. The number of rotatable bonds is 9. The Morgan fingerprint density at radius 2 is 1.76 bits per heavy atom. The predicted octanol–water partition coefficient (Wildman–Crippen LogP) is 4.14. The Bertz CT molecular complexity index is 1270. The van der Waals surface area contributed by atoms with Crippen LogP contribution < -0.4 is 14.8 Å². The van der Waals surface area contributed by atoms with Crippen LogP contribution in [-0.2, 0) is 24.2 Å².